The van der Waals surface area contributed by atoms with Crippen molar-refractivity contribution in [3.8, 4) is 0 Å². The maximum Gasteiger partial charge on any atom is 0.211 e. The first-order valence-corrected chi connectivity index (χ1v) is 7.78. The number of allylic oxidation sites excluding steroid dienone is 1. The van der Waals surface area contributed by atoms with E-state index in [9.17, 15) is 0 Å². The molecule has 0 amide bonds. The van der Waals surface area contributed by atoms with Gasteiger partial charge in [0.2, 0.25) is 5.79 Å². The predicted octanol–water partition coefficient (Wildman–Crippen LogP) is 2.37. The molecule has 3 rings (SSSR count). The molecule has 5 nitrogen and oxygen atoms in total. The number of aliphatic imine (C=N–C) groups is 1. The lowest BCUT2D eigenvalue weighted by atomic mass is 10.0. The van der Waals surface area contributed by atoms with Crippen molar-refractivity contribution < 1.29 is 0 Å². The first kappa shape index (κ1) is 14.7. The predicted molar refractivity (Wildman–Crippen MR) is 91.2 cm³/mol. The van der Waals surface area contributed by atoms with Crippen molar-refractivity contribution in [1.82, 2.24) is 9.88 Å². The summed E-state index contributed by atoms with van der Waals surface area (Å²) in [6.07, 6.45) is 5.89. The Bertz CT molecular complexity index is 755. The number of fused-ring (bicyclic) bond motifs is 1. The molecule has 1 aliphatic rings. The van der Waals surface area contributed by atoms with Gasteiger partial charge in [0.1, 0.15) is 5.84 Å². The molecule has 0 radical (unpaired) electrons. The fraction of sp³-hybridized carbons (Fsp3) is 0.353. The molecule has 0 spiro atoms. The molecule has 2 heterocycles. The highest BCUT2D eigenvalue weighted by atomic mass is 15.3. The molecular formula is C17H23N5. The summed E-state index contributed by atoms with van der Waals surface area (Å²) in [5.41, 5.74) is 15.6. The number of benzene rings is 1. The zero-order valence-corrected chi connectivity index (χ0v) is 13.1. The number of hydrogen-bond donors (Lipinski definition) is 3. The highest BCUT2D eigenvalue weighted by Crippen LogP contribution is 2.27. The van der Waals surface area contributed by atoms with Crippen LogP contribution in [0.5, 0.6) is 0 Å². The van der Waals surface area contributed by atoms with Crippen LogP contribution in [0, 0.1) is 0 Å². The summed E-state index contributed by atoms with van der Waals surface area (Å²) in [5, 5.41) is 4.53. The van der Waals surface area contributed by atoms with Crippen molar-refractivity contribution in [1.29, 1.82) is 0 Å². The van der Waals surface area contributed by atoms with Crippen molar-refractivity contribution in [3.05, 3.63) is 47.8 Å². The lowest BCUT2D eigenvalue weighted by Gasteiger charge is -2.32. The minimum atomic E-state index is -1.000. The second-order valence-electron chi connectivity index (χ2n) is 5.72. The van der Waals surface area contributed by atoms with Crippen molar-refractivity contribution in [2.75, 3.05) is 0 Å². The summed E-state index contributed by atoms with van der Waals surface area (Å²) in [4.78, 5) is 4.44. The number of nitrogens with zero attached hydrogens (tertiary/aromatic N) is 2. The SMILES string of the molecule is CCCC1=CC(N)=NC(N)(c2ccc3ccn(CC)c3c2)N1. The number of aryl methyl sites for hydroxylation is 1. The molecule has 0 aliphatic carbocycles. The summed E-state index contributed by atoms with van der Waals surface area (Å²) < 4.78 is 2.20. The van der Waals surface area contributed by atoms with Crippen molar-refractivity contribution >= 4 is 16.7 Å². The maximum atomic E-state index is 6.51. The van der Waals surface area contributed by atoms with E-state index in [0.29, 0.717) is 5.84 Å². The molecule has 0 saturated heterocycles. The Morgan fingerprint density at radius 3 is 2.82 bits per heavy atom. The van der Waals surface area contributed by atoms with Gasteiger partial charge in [-0.25, -0.2) is 4.99 Å². The van der Waals surface area contributed by atoms with Crippen LogP contribution in [0.3, 0.4) is 0 Å². The lowest BCUT2D eigenvalue weighted by Crippen LogP contribution is -2.51. The number of rotatable bonds is 4. The Hall–Kier alpha value is -2.27. The average Bonchev–Trinajstić information content (AvgIpc) is 2.88. The number of amidine groups is 1. The first-order valence-electron chi connectivity index (χ1n) is 7.78. The van der Waals surface area contributed by atoms with Crippen molar-refractivity contribution in [2.24, 2.45) is 16.5 Å². The minimum Gasteiger partial charge on any atom is -0.384 e. The second-order valence-corrected chi connectivity index (χ2v) is 5.72. The van der Waals surface area contributed by atoms with E-state index in [1.54, 1.807) is 0 Å². The van der Waals surface area contributed by atoms with Gasteiger partial charge in [-0.05, 0) is 36.9 Å². The molecule has 0 fully saturated rings. The molecule has 0 bridgehead atoms. The molecule has 1 unspecified atom stereocenters. The van der Waals surface area contributed by atoms with Gasteiger partial charge in [0.05, 0.1) is 0 Å². The molecule has 1 aromatic carbocycles. The molecule has 5 N–H and O–H groups in total. The third-order valence-corrected chi connectivity index (χ3v) is 4.05. The molecule has 1 aliphatic heterocycles. The highest BCUT2D eigenvalue weighted by molar-refractivity contribution is 5.93. The van der Waals surface area contributed by atoms with Crippen LogP contribution in [0.25, 0.3) is 10.9 Å². The van der Waals surface area contributed by atoms with Crippen molar-refractivity contribution in [2.45, 2.75) is 39.0 Å². The highest BCUT2D eigenvalue weighted by Gasteiger charge is 2.30. The van der Waals surface area contributed by atoms with Gasteiger partial charge in [0.25, 0.3) is 0 Å². The van der Waals surface area contributed by atoms with Crippen LogP contribution >= 0.6 is 0 Å². The van der Waals surface area contributed by atoms with E-state index in [1.165, 1.54) is 5.39 Å². The Balaban J connectivity index is 2.04. The quantitative estimate of drug-likeness (QED) is 0.810. The van der Waals surface area contributed by atoms with E-state index < -0.39 is 5.79 Å². The van der Waals surface area contributed by atoms with Crippen LogP contribution in [-0.2, 0) is 12.3 Å². The summed E-state index contributed by atoms with van der Waals surface area (Å²) in [7, 11) is 0. The van der Waals surface area contributed by atoms with Crippen LogP contribution in [0.4, 0.5) is 0 Å². The second kappa shape index (κ2) is 5.50. The molecule has 0 saturated carbocycles. The van der Waals surface area contributed by atoms with Gasteiger partial charge in [-0.1, -0.05) is 25.5 Å². The zero-order chi connectivity index (χ0) is 15.7. The fourth-order valence-corrected chi connectivity index (χ4v) is 2.96. The molecule has 22 heavy (non-hydrogen) atoms. The van der Waals surface area contributed by atoms with E-state index in [1.807, 2.05) is 12.1 Å². The van der Waals surface area contributed by atoms with E-state index >= 15 is 0 Å². The maximum absolute atomic E-state index is 6.51. The Labute approximate surface area is 130 Å². The third-order valence-electron chi connectivity index (χ3n) is 4.05. The van der Waals surface area contributed by atoms with E-state index in [2.05, 4.69) is 53.1 Å². The third kappa shape index (κ3) is 2.48. The van der Waals surface area contributed by atoms with Crippen LogP contribution in [0.15, 0.2) is 47.2 Å². The summed E-state index contributed by atoms with van der Waals surface area (Å²) in [5.74, 6) is -0.531. The average molecular weight is 297 g/mol. The smallest absolute Gasteiger partial charge is 0.211 e. The Morgan fingerprint density at radius 2 is 2.09 bits per heavy atom. The standard InChI is InChI=1S/C17H23N5/c1-3-5-14-11-16(18)21-17(19,20-14)13-7-6-12-8-9-22(4-2)15(12)10-13/h6-11,20H,3-5,19H2,1-2H3,(H2,18,21). The van der Waals surface area contributed by atoms with E-state index in [-0.39, 0.29) is 0 Å². The van der Waals surface area contributed by atoms with Crippen molar-refractivity contribution in [3.63, 3.8) is 0 Å². The number of nitrogens with two attached hydrogens (primary N) is 2. The number of nitrogens with one attached hydrogen (secondary N) is 1. The van der Waals surface area contributed by atoms with Crippen LogP contribution in [-0.4, -0.2) is 10.4 Å². The van der Waals surface area contributed by atoms with Gasteiger partial charge >= 0.3 is 0 Å². The molecule has 1 atom stereocenters. The van der Waals surface area contributed by atoms with E-state index in [4.69, 9.17) is 11.5 Å². The Kier molecular flexibility index (Phi) is 3.66. The molecular weight excluding hydrogens is 274 g/mol. The van der Waals surface area contributed by atoms with Crippen LogP contribution in [0.1, 0.15) is 32.3 Å². The summed E-state index contributed by atoms with van der Waals surface area (Å²) in [6.45, 7) is 5.18. The summed E-state index contributed by atoms with van der Waals surface area (Å²) >= 11 is 0. The molecule has 1 aromatic heterocycles. The van der Waals surface area contributed by atoms with Gasteiger partial charge in [0.15, 0.2) is 0 Å². The zero-order valence-electron chi connectivity index (χ0n) is 13.1. The van der Waals surface area contributed by atoms with Crippen LogP contribution in [0.2, 0.25) is 0 Å². The van der Waals surface area contributed by atoms with Gasteiger partial charge in [-0.3, -0.25) is 5.73 Å². The first-order chi connectivity index (χ1) is 10.6. The molecule has 5 heteroatoms. The largest absolute Gasteiger partial charge is 0.384 e. The minimum absolute atomic E-state index is 0.468. The summed E-state index contributed by atoms with van der Waals surface area (Å²) in [6, 6.07) is 8.30. The van der Waals surface area contributed by atoms with Gasteiger partial charge in [-0.2, -0.15) is 0 Å². The molecule has 116 valence electrons. The monoisotopic (exact) mass is 297 g/mol. The number of hydrogen-bond acceptors (Lipinski definition) is 4. The Morgan fingerprint density at radius 1 is 1.27 bits per heavy atom. The number of aromatic nitrogens is 1. The van der Waals surface area contributed by atoms with Crippen LogP contribution < -0.4 is 16.8 Å². The van der Waals surface area contributed by atoms with E-state index in [0.717, 1.165) is 36.2 Å². The lowest BCUT2D eigenvalue weighted by molar-refractivity contribution is 0.387. The molecule has 2 aromatic rings. The normalized spacial score (nSPS) is 21.4. The fourth-order valence-electron chi connectivity index (χ4n) is 2.96. The van der Waals surface area contributed by atoms with Gasteiger partial charge in [0, 0.05) is 29.5 Å². The topological polar surface area (TPSA) is 81.4 Å². The van der Waals surface area contributed by atoms with Gasteiger partial charge < -0.3 is 15.6 Å². The van der Waals surface area contributed by atoms with Gasteiger partial charge in [-0.15, -0.1) is 0 Å².